The molecular formula is C21H36F3NO5. The summed E-state index contributed by atoms with van der Waals surface area (Å²) in [6.45, 7) is 2.18. The van der Waals surface area contributed by atoms with Crippen molar-refractivity contribution in [1.82, 2.24) is 5.32 Å². The third-order valence-electron chi connectivity index (χ3n) is 4.73. The number of carbonyl (C=O) groups is 3. The topological polar surface area (TPSA) is 92.7 Å². The molecule has 0 saturated heterocycles. The summed E-state index contributed by atoms with van der Waals surface area (Å²) in [6.07, 6.45) is 4.11. The van der Waals surface area contributed by atoms with Gasteiger partial charge in [0.05, 0.1) is 6.42 Å². The van der Waals surface area contributed by atoms with Crippen LogP contribution >= 0.6 is 0 Å². The number of hydrogen-bond donors (Lipinski definition) is 2. The van der Waals surface area contributed by atoms with Gasteiger partial charge in [0.2, 0.25) is 5.91 Å². The Hall–Kier alpha value is -1.80. The molecule has 0 heterocycles. The summed E-state index contributed by atoms with van der Waals surface area (Å²) in [7, 11) is 0. The summed E-state index contributed by atoms with van der Waals surface area (Å²) in [4.78, 5) is 33.0. The van der Waals surface area contributed by atoms with Gasteiger partial charge in [-0.2, -0.15) is 13.2 Å². The number of carbonyl (C=O) groups excluding carboxylic acids is 2. The molecule has 0 rings (SSSR count). The first kappa shape index (κ1) is 28.2. The second kappa shape index (κ2) is 16.9. The molecule has 1 amide bonds. The maximum absolute atomic E-state index is 12.4. The minimum absolute atomic E-state index is 0.0936. The Balaban J connectivity index is 3.91. The van der Waals surface area contributed by atoms with E-state index in [0.717, 1.165) is 51.4 Å². The van der Waals surface area contributed by atoms with Gasteiger partial charge in [0.25, 0.3) is 0 Å². The number of unbranched alkanes of at least 4 members (excludes halogenated alkanes) is 8. The van der Waals surface area contributed by atoms with Crippen LogP contribution in [-0.4, -0.2) is 41.8 Å². The number of ether oxygens (including phenoxy) is 1. The maximum Gasteiger partial charge on any atom is 0.490 e. The number of rotatable bonds is 18. The van der Waals surface area contributed by atoms with Crippen LogP contribution in [-0.2, 0) is 19.1 Å². The molecule has 0 fully saturated rings. The van der Waals surface area contributed by atoms with Gasteiger partial charge in [0, 0.05) is 13.0 Å². The van der Waals surface area contributed by atoms with E-state index in [1.165, 1.54) is 0 Å². The highest BCUT2D eigenvalue weighted by molar-refractivity contribution is 5.76. The first-order chi connectivity index (χ1) is 14.2. The normalized spacial score (nSPS) is 12.4. The molecule has 30 heavy (non-hydrogen) atoms. The fraction of sp³-hybridized carbons (Fsp3) is 0.857. The van der Waals surface area contributed by atoms with Crippen molar-refractivity contribution in [1.29, 1.82) is 0 Å². The van der Waals surface area contributed by atoms with Crippen molar-refractivity contribution in [3.05, 3.63) is 0 Å². The lowest BCUT2D eigenvalue weighted by Gasteiger charge is -2.18. The molecule has 0 saturated carbocycles. The lowest BCUT2D eigenvalue weighted by molar-refractivity contribution is -0.205. The smallest absolute Gasteiger partial charge is 0.481 e. The number of hydrogen-bond acceptors (Lipinski definition) is 4. The lowest BCUT2D eigenvalue weighted by atomic mass is 10.0. The Kier molecular flexibility index (Phi) is 15.9. The second-order valence-corrected chi connectivity index (χ2v) is 7.53. The molecule has 0 radical (unpaired) electrons. The number of aliphatic carboxylic acids is 1. The molecule has 0 aromatic rings. The van der Waals surface area contributed by atoms with Crippen molar-refractivity contribution >= 4 is 17.8 Å². The zero-order valence-electron chi connectivity index (χ0n) is 17.9. The summed E-state index contributed by atoms with van der Waals surface area (Å²) in [6, 6.07) is 0. The van der Waals surface area contributed by atoms with Gasteiger partial charge >= 0.3 is 18.1 Å². The van der Waals surface area contributed by atoms with Crippen molar-refractivity contribution in [2.75, 3.05) is 6.54 Å². The predicted molar refractivity (Wildman–Crippen MR) is 107 cm³/mol. The van der Waals surface area contributed by atoms with Crippen LogP contribution in [0.25, 0.3) is 0 Å². The average molecular weight is 440 g/mol. The Labute approximate surface area is 176 Å². The van der Waals surface area contributed by atoms with Gasteiger partial charge in [-0.05, 0) is 32.1 Å². The molecule has 0 aromatic carbocycles. The van der Waals surface area contributed by atoms with Crippen LogP contribution in [0.15, 0.2) is 0 Å². The van der Waals surface area contributed by atoms with E-state index in [1.54, 1.807) is 0 Å². The summed E-state index contributed by atoms with van der Waals surface area (Å²) in [5.74, 6) is -3.22. The number of amides is 1. The molecule has 0 spiro atoms. The molecule has 2 N–H and O–H groups in total. The minimum atomic E-state index is -4.96. The van der Waals surface area contributed by atoms with Crippen molar-refractivity contribution in [2.45, 2.75) is 109 Å². The summed E-state index contributed by atoms with van der Waals surface area (Å²) in [5, 5.41) is 11.0. The van der Waals surface area contributed by atoms with Crippen molar-refractivity contribution < 1.29 is 37.4 Å². The lowest BCUT2D eigenvalue weighted by Crippen LogP contribution is -2.30. The molecule has 1 unspecified atom stereocenters. The van der Waals surface area contributed by atoms with E-state index in [-0.39, 0.29) is 18.9 Å². The molecule has 0 bridgehead atoms. The fourth-order valence-corrected chi connectivity index (χ4v) is 3.04. The van der Waals surface area contributed by atoms with Crippen LogP contribution in [0.2, 0.25) is 0 Å². The number of halogens is 3. The Morgan fingerprint density at radius 1 is 0.867 bits per heavy atom. The van der Waals surface area contributed by atoms with Crippen LogP contribution < -0.4 is 5.32 Å². The van der Waals surface area contributed by atoms with E-state index in [1.807, 2.05) is 6.92 Å². The molecule has 1 atom stereocenters. The number of esters is 1. The summed E-state index contributed by atoms with van der Waals surface area (Å²) in [5.41, 5.74) is 0. The Bertz CT molecular complexity index is 498. The number of carboxylic acid groups (broad SMARTS) is 1. The van der Waals surface area contributed by atoms with Crippen molar-refractivity contribution in [2.24, 2.45) is 0 Å². The van der Waals surface area contributed by atoms with Crippen molar-refractivity contribution in [3.63, 3.8) is 0 Å². The molecule has 0 aliphatic rings. The fourth-order valence-electron chi connectivity index (χ4n) is 3.04. The molecule has 6 nitrogen and oxygen atoms in total. The third-order valence-corrected chi connectivity index (χ3v) is 4.73. The van der Waals surface area contributed by atoms with E-state index in [2.05, 4.69) is 10.1 Å². The van der Waals surface area contributed by atoms with E-state index in [4.69, 9.17) is 5.11 Å². The second-order valence-electron chi connectivity index (χ2n) is 7.53. The van der Waals surface area contributed by atoms with E-state index < -0.39 is 24.2 Å². The van der Waals surface area contributed by atoms with E-state index >= 15 is 0 Å². The average Bonchev–Trinajstić information content (AvgIpc) is 2.65. The first-order valence-electron chi connectivity index (χ1n) is 10.9. The zero-order valence-corrected chi connectivity index (χ0v) is 17.9. The van der Waals surface area contributed by atoms with Crippen LogP contribution in [0.1, 0.15) is 96.8 Å². The number of carboxylic acids is 1. The SMILES string of the molecule is CCCCCCC(CCCCCCCCC(=O)NCCC(=O)O)OC(=O)C(F)(F)F. The molecule has 176 valence electrons. The largest absolute Gasteiger partial charge is 0.490 e. The monoisotopic (exact) mass is 439 g/mol. The highest BCUT2D eigenvalue weighted by atomic mass is 19.4. The van der Waals surface area contributed by atoms with E-state index in [0.29, 0.717) is 32.1 Å². The van der Waals surface area contributed by atoms with Crippen LogP contribution in [0.5, 0.6) is 0 Å². The third kappa shape index (κ3) is 17.1. The predicted octanol–water partition coefficient (Wildman–Crippen LogP) is 5.14. The minimum Gasteiger partial charge on any atom is -0.481 e. The van der Waals surface area contributed by atoms with Gasteiger partial charge in [-0.3, -0.25) is 9.59 Å². The van der Waals surface area contributed by atoms with Crippen molar-refractivity contribution in [3.8, 4) is 0 Å². The van der Waals surface area contributed by atoms with Gasteiger partial charge < -0.3 is 15.2 Å². The van der Waals surface area contributed by atoms with Gasteiger partial charge in [-0.25, -0.2) is 4.79 Å². The molecule has 0 aromatic heterocycles. The van der Waals surface area contributed by atoms with Gasteiger partial charge in [0.15, 0.2) is 0 Å². The summed E-state index contributed by atoms with van der Waals surface area (Å²) >= 11 is 0. The summed E-state index contributed by atoms with van der Waals surface area (Å²) < 4.78 is 42.0. The number of nitrogens with one attached hydrogen (secondary N) is 1. The first-order valence-corrected chi connectivity index (χ1v) is 10.9. The molecule has 0 aliphatic carbocycles. The standard InChI is InChI=1S/C21H36F3NO5/c1-2-3-4-9-12-17(30-20(29)21(22,23)24)13-10-7-5-6-8-11-14-18(26)25-16-15-19(27)28/h17H,2-16H2,1H3,(H,25,26)(H,27,28). The molecular weight excluding hydrogens is 403 g/mol. The Morgan fingerprint density at radius 3 is 1.93 bits per heavy atom. The van der Waals surface area contributed by atoms with Gasteiger partial charge in [0.1, 0.15) is 6.10 Å². The number of alkyl halides is 3. The van der Waals surface area contributed by atoms with Crippen LogP contribution in [0.3, 0.4) is 0 Å². The van der Waals surface area contributed by atoms with Gasteiger partial charge in [-0.15, -0.1) is 0 Å². The highest BCUT2D eigenvalue weighted by Gasteiger charge is 2.42. The van der Waals surface area contributed by atoms with Crippen LogP contribution in [0.4, 0.5) is 13.2 Å². The van der Waals surface area contributed by atoms with Gasteiger partial charge in [-0.1, -0.05) is 51.9 Å². The van der Waals surface area contributed by atoms with Crippen LogP contribution in [0, 0.1) is 0 Å². The molecule has 0 aliphatic heterocycles. The maximum atomic E-state index is 12.4. The zero-order chi connectivity index (χ0) is 22.8. The Morgan fingerprint density at radius 2 is 1.40 bits per heavy atom. The highest BCUT2D eigenvalue weighted by Crippen LogP contribution is 2.22. The van der Waals surface area contributed by atoms with E-state index in [9.17, 15) is 27.6 Å². The quantitative estimate of drug-likeness (QED) is 0.228. The molecule has 9 heteroatoms.